The van der Waals surface area contributed by atoms with Crippen molar-refractivity contribution in [1.82, 2.24) is 24.9 Å². The van der Waals surface area contributed by atoms with Gasteiger partial charge in [0.2, 0.25) is 17.7 Å². The van der Waals surface area contributed by atoms with Crippen LogP contribution in [0.25, 0.3) is 11.5 Å². The molecule has 0 radical (unpaired) electrons. The Kier molecular flexibility index (Phi) is 6.16. The molecule has 0 atom stereocenters. The normalized spacial score (nSPS) is 19.0. The average molecular weight is 390 g/mol. The van der Waals surface area contributed by atoms with Crippen LogP contribution in [0.4, 0.5) is 0 Å². The fourth-order valence-corrected chi connectivity index (χ4v) is 4.37. The highest BCUT2D eigenvalue weighted by Crippen LogP contribution is 2.21. The zero-order valence-electron chi connectivity index (χ0n) is 15.7. The van der Waals surface area contributed by atoms with E-state index in [9.17, 15) is 4.79 Å². The highest BCUT2D eigenvalue weighted by atomic mass is 32.1. The summed E-state index contributed by atoms with van der Waals surface area (Å²) < 4.78 is 5.66. The van der Waals surface area contributed by atoms with Gasteiger partial charge in [-0.1, -0.05) is 0 Å². The molecule has 1 amide bonds. The summed E-state index contributed by atoms with van der Waals surface area (Å²) in [5.41, 5.74) is 0.940. The van der Waals surface area contributed by atoms with Crippen molar-refractivity contribution in [2.24, 2.45) is 0 Å². The lowest BCUT2D eigenvalue weighted by molar-refractivity contribution is -0.133. The second-order valence-corrected chi connectivity index (χ2v) is 8.06. The van der Waals surface area contributed by atoms with Gasteiger partial charge in [0, 0.05) is 63.1 Å². The van der Waals surface area contributed by atoms with Gasteiger partial charge in [-0.2, -0.15) is 11.3 Å². The van der Waals surface area contributed by atoms with Crippen LogP contribution in [0, 0.1) is 0 Å². The van der Waals surface area contributed by atoms with Crippen molar-refractivity contribution >= 4 is 17.2 Å². The molecular formula is C19H27N5O2S. The first kappa shape index (κ1) is 18.6. The SMILES string of the molecule is O=C(CCc1nnc(-c2ccsc2)o1)N1CCN(CCN2CCCC2)CC1. The van der Waals surface area contributed by atoms with Gasteiger partial charge in [-0.15, -0.1) is 10.2 Å². The number of hydrogen-bond donors (Lipinski definition) is 0. The summed E-state index contributed by atoms with van der Waals surface area (Å²) in [5, 5.41) is 12.1. The molecule has 2 fully saturated rings. The molecule has 0 unspecified atom stereocenters. The van der Waals surface area contributed by atoms with Gasteiger partial charge in [0.05, 0.1) is 0 Å². The van der Waals surface area contributed by atoms with E-state index in [1.165, 1.54) is 25.9 Å². The summed E-state index contributed by atoms with van der Waals surface area (Å²) in [5.74, 6) is 1.25. The summed E-state index contributed by atoms with van der Waals surface area (Å²) in [6.45, 7) is 8.38. The smallest absolute Gasteiger partial charge is 0.248 e. The molecule has 2 saturated heterocycles. The summed E-state index contributed by atoms with van der Waals surface area (Å²) >= 11 is 1.60. The molecule has 4 rings (SSSR count). The second-order valence-electron chi connectivity index (χ2n) is 7.28. The first-order chi connectivity index (χ1) is 13.3. The molecule has 2 aliphatic rings. The number of amides is 1. The number of piperazine rings is 1. The minimum atomic E-state index is 0.185. The lowest BCUT2D eigenvalue weighted by Crippen LogP contribution is -2.50. The van der Waals surface area contributed by atoms with Gasteiger partial charge in [-0.05, 0) is 37.4 Å². The van der Waals surface area contributed by atoms with Gasteiger partial charge in [0.15, 0.2) is 0 Å². The van der Waals surface area contributed by atoms with Crippen molar-refractivity contribution in [1.29, 1.82) is 0 Å². The van der Waals surface area contributed by atoms with E-state index in [2.05, 4.69) is 20.0 Å². The molecule has 4 heterocycles. The maximum absolute atomic E-state index is 12.5. The molecule has 2 aromatic rings. The maximum atomic E-state index is 12.5. The molecule has 146 valence electrons. The van der Waals surface area contributed by atoms with E-state index in [4.69, 9.17) is 4.42 Å². The van der Waals surface area contributed by atoms with Crippen molar-refractivity contribution in [3.8, 4) is 11.5 Å². The standard InChI is InChI=1S/C19H27N5O2S/c25-18(4-3-17-20-21-19(26-17)16-5-14-27-15-16)24-12-10-23(11-13-24)9-8-22-6-1-2-7-22/h5,14-15H,1-4,6-13H2. The topological polar surface area (TPSA) is 65.7 Å². The molecule has 0 saturated carbocycles. The molecule has 0 aliphatic carbocycles. The van der Waals surface area contributed by atoms with Gasteiger partial charge >= 0.3 is 0 Å². The van der Waals surface area contributed by atoms with Gasteiger partial charge < -0.3 is 14.2 Å². The highest BCUT2D eigenvalue weighted by molar-refractivity contribution is 7.08. The number of nitrogens with zero attached hydrogens (tertiary/aromatic N) is 5. The Morgan fingerprint density at radius 3 is 2.48 bits per heavy atom. The summed E-state index contributed by atoms with van der Waals surface area (Å²) in [4.78, 5) is 19.5. The van der Waals surface area contributed by atoms with Crippen LogP contribution < -0.4 is 0 Å². The fraction of sp³-hybridized carbons (Fsp3) is 0.632. The zero-order valence-corrected chi connectivity index (χ0v) is 16.5. The summed E-state index contributed by atoms with van der Waals surface area (Å²) in [6.07, 6.45) is 3.62. The lowest BCUT2D eigenvalue weighted by Gasteiger charge is -2.35. The van der Waals surface area contributed by atoms with Gasteiger partial charge in [-0.25, -0.2) is 0 Å². The number of rotatable bonds is 7. The Labute approximate surface area is 164 Å². The molecule has 2 aromatic heterocycles. The maximum Gasteiger partial charge on any atom is 0.248 e. The average Bonchev–Trinajstić information content (AvgIpc) is 3.47. The Hall–Kier alpha value is -1.77. The van der Waals surface area contributed by atoms with Crippen molar-refractivity contribution in [2.75, 3.05) is 52.4 Å². The Morgan fingerprint density at radius 2 is 1.78 bits per heavy atom. The van der Waals surface area contributed by atoms with Crippen molar-refractivity contribution in [3.63, 3.8) is 0 Å². The minimum Gasteiger partial charge on any atom is -0.421 e. The molecule has 8 heteroatoms. The molecule has 27 heavy (non-hydrogen) atoms. The van der Waals surface area contributed by atoms with Crippen LogP contribution in [0.2, 0.25) is 0 Å². The van der Waals surface area contributed by atoms with Gasteiger partial charge in [0.25, 0.3) is 0 Å². The monoisotopic (exact) mass is 389 g/mol. The third kappa shape index (κ3) is 4.94. The van der Waals surface area contributed by atoms with Crippen LogP contribution in [0.1, 0.15) is 25.2 Å². The molecule has 7 nitrogen and oxygen atoms in total. The third-order valence-electron chi connectivity index (χ3n) is 5.44. The lowest BCUT2D eigenvalue weighted by atomic mass is 10.2. The van der Waals surface area contributed by atoms with Crippen molar-refractivity contribution in [2.45, 2.75) is 25.7 Å². The van der Waals surface area contributed by atoms with E-state index in [1.807, 2.05) is 21.7 Å². The number of aromatic nitrogens is 2. The van der Waals surface area contributed by atoms with Crippen LogP contribution >= 0.6 is 11.3 Å². The highest BCUT2D eigenvalue weighted by Gasteiger charge is 2.22. The molecule has 2 aliphatic heterocycles. The number of thiophene rings is 1. The van der Waals surface area contributed by atoms with E-state index in [0.717, 1.165) is 44.8 Å². The fourth-order valence-electron chi connectivity index (χ4n) is 3.74. The predicted octanol–water partition coefficient (Wildman–Crippen LogP) is 1.97. The molecule has 0 bridgehead atoms. The number of aryl methyl sites for hydroxylation is 1. The minimum absolute atomic E-state index is 0.185. The number of hydrogen-bond acceptors (Lipinski definition) is 7. The Balaban J connectivity index is 1.17. The number of carbonyl (C=O) groups excluding carboxylic acids is 1. The van der Waals surface area contributed by atoms with Crippen LogP contribution in [0.5, 0.6) is 0 Å². The molecule has 0 spiro atoms. The number of likely N-dealkylation sites (tertiary alicyclic amines) is 1. The van der Waals surface area contributed by atoms with E-state index >= 15 is 0 Å². The number of carbonyl (C=O) groups is 1. The zero-order chi connectivity index (χ0) is 18.5. The quantitative estimate of drug-likeness (QED) is 0.721. The third-order valence-corrected chi connectivity index (χ3v) is 6.13. The van der Waals surface area contributed by atoms with E-state index in [1.54, 1.807) is 11.3 Å². The van der Waals surface area contributed by atoms with E-state index in [0.29, 0.717) is 24.6 Å². The van der Waals surface area contributed by atoms with Crippen LogP contribution in [0.15, 0.2) is 21.2 Å². The molecular weight excluding hydrogens is 362 g/mol. The predicted molar refractivity (Wildman–Crippen MR) is 105 cm³/mol. The Morgan fingerprint density at radius 1 is 1.04 bits per heavy atom. The second kappa shape index (κ2) is 8.95. The first-order valence-electron chi connectivity index (χ1n) is 9.85. The van der Waals surface area contributed by atoms with Crippen LogP contribution in [-0.4, -0.2) is 83.2 Å². The molecule has 0 aromatic carbocycles. The van der Waals surface area contributed by atoms with E-state index in [-0.39, 0.29) is 5.91 Å². The van der Waals surface area contributed by atoms with Crippen LogP contribution in [0.3, 0.4) is 0 Å². The summed E-state index contributed by atoms with van der Waals surface area (Å²) in [7, 11) is 0. The van der Waals surface area contributed by atoms with Crippen molar-refractivity contribution < 1.29 is 9.21 Å². The first-order valence-corrected chi connectivity index (χ1v) is 10.8. The van der Waals surface area contributed by atoms with Gasteiger partial charge in [0.1, 0.15) is 0 Å². The van der Waals surface area contributed by atoms with E-state index < -0.39 is 0 Å². The molecule has 0 N–H and O–H groups in total. The van der Waals surface area contributed by atoms with Gasteiger partial charge in [-0.3, -0.25) is 9.69 Å². The largest absolute Gasteiger partial charge is 0.421 e. The Bertz CT molecular complexity index is 718. The summed E-state index contributed by atoms with van der Waals surface area (Å²) in [6, 6.07) is 1.95. The van der Waals surface area contributed by atoms with Crippen LogP contribution in [-0.2, 0) is 11.2 Å². The van der Waals surface area contributed by atoms with Crippen molar-refractivity contribution in [3.05, 3.63) is 22.7 Å².